The second-order valence-corrected chi connectivity index (χ2v) is 7.95. The first-order valence-corrected chi connectivity index (χ1v) is 10.4. The maximum Gasteiger partial charge on any atom is 0.236 e. The van der Waals surface area contributed by atoms with Crippen LogP contribution in [0.2, 0.25) is 0 Å². The van der Waals surface area contributed by atoms with E-state index in [9.17, 15) is 4.79 Å². The quantitative estimate of drug-likeness (QED) is 0.795. The second-order valence-electron chi connectivity index (χ2n) is 7.95. The number of carbonyl (C=O) groups excluding carboxylic acids is 1. The summed E-state index contributed by atoms with van der Waals surface area (Å²) < 4.78 is 5.43. The molecule has 2 fully saturated rings. The van der Waals surface area contributed by atoms with E-state index >= 15 is 0 Å². The highest BCUT2D eigenvalue weighted by molar-refractivity contribution is 5.79. The van der Waals surface area contributed by atoms with Crippen LogP contribution in [0.3, 0.4) is 0 Å². The molecule has 0 radical (unpaired) electrons. The van der Waals surface area contributed by atoms with Gasteiger partial charge in [-0.15, -0.1) is 0 Å². The third-order valence-electron chi connectivity index (χ3n) is 6.14. The number of benzene rings is 1. The number of amides is 1. The van der Waals surface area contributed by atoms with E-state index in [0.29, 0.717) is 25.2 Å². The SMILES string of the molecule is COc1ccccc1[C@H](C)NCC(=O)N1CC2CCC(C1)N2c1ccc(C#N)cn1. The number of hydrogen-bond donors (Lipinski definition) is 1. The molecule has 7 heteroatoms. The summed E-state index contributed by atoms with van der Waals surface area (Å²) in [5.74, 6) is 1.85. The molecule has 1 N–H and O–H groups in total. The van der Waals surface area contributed by atoms with Crippen LogP contribution < -0.4 is 15.0 Å². The smallest absolute Gasteiger partial charge is 0.236 e. The van der Waals surface area contributed by atoms with Crippen LogP contribution in [-0.2, 0) is 4.79 Å². The first-order chi connectivity index (χ1) is 14.6. The number of methoxy groups -OCH3 is 1. The Kier molecular flexibility index (Phi) is 5.86. The zero-order valence-corrected chi connectivity index (χ0v) is 17.4. The molecular formula is C23H27N5O2. The number of carbonyl (C=O) groups is 1. The zero-order valence-electron chi connectivity index (χ0n) is 17.4. The van der Waals surface area contributed by atoms with Gasteiger partial charge in [-0.25, -0.2) is 4.98 Å². The highest BCUT2D eigenvalue weighted by atomic mass is 16.5. The van der Waals surface area contributed by atoms with E-state index in [1.54, 1.807) is 13.3 Å². The molecule has 1 aromatic carbocycles. The van der Waals surface area contributed by atoms with Crippen molar-refractivity contribution in [3.63, 3.8) is 0 Å². The lowest BCUT2D eigenvalue weighted by Gasteiger charge is -2.42. The fourth-order valence-electron chi connectivity index (χ4n) is 4.57. The Balaban J connectivity index is 1.36. The summed E-state index contributed by atoms with van der Waals surface area (Å²) in [6, 6.07) is 14.3. The van der Waals surface area contributed by atoms with Gasteiger partial charge in [0, 0.05) is 43.0 Å². The first kappa shape index (κ1) is 20.2. The molecule has 1 amide bonds. The molecule has 156 valence electrons. The summed E-state index contributed by atoms with van der Waals surface area (Å²) in [7, 11) is 1.66. The van der Waals surface area contributed by atoms with Crippen LogP contribution in [0.25, 0.3) is 0 Å². The molecule has 0 aliphatic carbocycles. The minimum absolute atomic E-state index is 0.0194. The van der Waals surface area contributed by atoms with Gasteiger partial charge in [0.15, 0.2) is 0 Å². The average Bonchev–Trinajstić information content (AvgIpc) is 3.06. The van der Waals surface area contributed by atoms with Crippen LogP contribution in [-0.4, -0.2) is 54.6 Å². The predicted octanol–water partition coefficient (Wildman–Crippen LogP) is 2.49. The summed E-state index contributed by atoms with van der Waals surface area (Å²) in [6.45, 7) is 3.76. The topological polar surface area (TPSA) is 81.5 Å². The van der Waals surface area contributed by atoms with Gasteiger partial charge in [-0.2, -0.15) is 5.26 Å². The highest BCUT2D eigenvalue weighted by Gasteiger charge is 2.41. The van der Waals surface area contributed by atoms with Crippen molar-refractivity contribution in [2.45, 2.75) is 37.9 Å². The van der Waals surface area contributed by atoms with Crippen molar-refractivity contribution < 1.29 is 9.53 Å². The molecule has 2 aliphatic rings. The number of ether oxygens (including phenoxy) is 1. The lowest BCUT2D eigenvalue weighted by atomic mass is 10.1. The maximum absolute atomic E-state index is 12.9. The maximum atomic E-state index is 12.9. The van der Waals surface area contributed by atoms with E-state index in [4.69, 9.17) is 10.00 Å². The number of anilines is 1. The largest absolute Gasteiger partial charge is 0.496 e. The van der Waals surface area contributed by atoms with Crippen molar-refractivity contribution in [1.82, 2.24) is 15.2 Å². The van der Waals surface area contributed by atoms with E-state index in [0.717, 1.165) is 30.0 Å². The molecule has 7 nitrogen and oxygen atoms in total. The first-order valence-electron chi connectivity index (χ1n) is 10.4. The van der Waals surface area contributed by atoms with Crippen LogP contribution in [0.15, 0.2) is 42.6 Å². The number of rotatable bonds is 6. The third-order valence-corrected chi connectivity index (χ3v) is 6.14. The van der Waals surface area contributed by atoms with Crippen LogP contribution in [0, 0.1) is 11.3 Å². The van der Waals surface area contributed by atoms with Crippen molar-refractivity contribution in [3.8, 4) is 11.8 Å². The number of likely N-dealkylation sites (tertiary alicyclic amines) is 1. The van der Waals surface area contributed by atoms with Crippen molar-refractivity contribution >= 4 is 11.7 Å². The molecule has 2 aliphatic heterocycles. The fraction of sp³-hybridized carbons (Fsp3) is 0.435. The van der Waals surface area contributed by atoms with Gasteiger partial charge in [0.1, 0.15) is 17.6 Å². The predicted molar refractivity (Wildman–Crippen MR) is 114 cm³/mol. The molecule has 2 unspecified atom stereocenters. The summed E-state index contributed by atoms with van der Waals surface area (Å²) in [4.78, 5) is 21.7. The van der Waals surface area contributed by atoms with E-state index in [2.05, 4.69) is 21.3 Å². The summed E-state index contributed by atoms with van der Waals surface area (Å²) in [6.07, 6.45) is 3.73. The van der Waals surface area contributed by atoms with Gasteiger partial charge in [-0.3, -0.25) is 4.79 Å². The lowest BCUT2D eigenvalue weighted by Crippen LogP contribution is -2.57. The van der Waals surface area contributed by atoms with Gasteiger partial charge in [0.25, 0.3) is 0 Å². The molecule has 2 saturated heterocycles. The number of piperazine rings is 1. The van der Waals surface area contributed by atoms with Crippen LogP contribution in [0.1, 0.15) is 36.9 Å². The molecule has 0 spiro atoms. The molecule has 2 bridgehead atoms. The van der Waals surface area contributed by atoms with Crippen LogP contribution >= 0.6 is 0 Å². The summed E-state index contributed by atoms with van der Waals surface area (Å²) >= 11 is 0. The number of nitrogens with zero attached hydrogens (tertiary/aromatic N) is 4. The van der Waals surface area contributed by atoms with E-state index in [1.807, 2.05) is 48.2 Å². The second kappa shape index (κ2) is 8.72. The Morgan fingerprint density at radius 2 is 2.00 bits per heavy atom. The van der Waals surface area contributed by atoms with Gasteiger partial charge in [0.05, 0.1) is 19.2 Å². The van der Waals surface area contributed by atoms with E-state index in [-0.39, 0.29) is 24.0 Å². The molecule has 1 aromatic heterocycles. The summed E-state index contributed by atoms with van der Waals surface area (Å²) in [5.41, 5.74) is 1.61. The fourth-order valence-corrected chi connectivity index (χ4v) is 4.57. The molecule has 3 atom stereocenters. The van der Waals surface area contributed by atoms with Gasteiger partial charge in [-0.05, 0) is 38.0 Å². The Labute approximate surface area is 177 Å². The highest BCUT2D eigenvalue weighted by Crippen LogP contribution is 2.34. The van der Waals surface area contributed by atoms with E-state index < -0.39 is 0 Å². The Morgan fingerprint density at radius 1 is 1.27 bits per heavy atom. The van der Waals surface area contributed by atoms with Gasteiger partial charge in [0.2, 0.25) is 5.91 Å². The van der Waals surface area contributed by atoms with Crippen LogP contribution in [0.4, 0.5) is 5.82 Å². The number of nitriles is 1. The number of aromatic nitrogens is 1. The standard InChI is InChI=1S/C23H27N5O2/c1-16(20-5-3-4-6-21(20)30-2)25-13-23(29)27-14-18-8-9-19(15-27)28(18)22-10-7-17(11-24)12-26-22/h3-7,10,12,16,18-19,25H,8-9,13-15H2,1-2H3/t16-,18?,19?/m0/s1. The molecule has 2 aromatic rings. The molecule has 30 heavy (non-hydrogen) atoms. The minimum Gasteiger partial charge on any atom is -0.496 e. The minimum atomic E-state index is 0.0194. The van der Waals surface area contributed by atoms with Crippen molar-refractivity contribution in [2.24, 2.45) is 0 Å². The molecular weight excluding hydrogens is 378 g/mol. The van der Waals surface area contributed by atoms with Gasteiger partial charge < -0.3 is 19.9 Å². The number of nitrogens with one attached hydrogen (secondary N) is 1. The molecule has 0 saturated carbocycles. The van der Waals surface area contributed by atoms with Crippen molar-refractivity contribution in [3.05, 3.63) is 53.7 Å². The number of para-hydroxylation sites is 1. The normalized spacial score (nSPS) is 21.2. The van der Waals surface area contributed by atoms with Gasteiger partial charge in [-0.1, -0.05) is 18.2 Å². The lowest BCUT2D eigenvalue weighted by molar-refractivity contribution is -0.131. The number of fused-ring (bicyclic) bond motifs is 2. The number of pyridine rings is 1. The van der Waals surface area contributed by atoms with Crippen molar-refractivity contribution in [1.29, 1.82) is 5.26 Å². The van der Waals surface area contributed by atoms with Gasteiger partial charge >= 0.3 is 0 Å². The van der Waals surface area contributed by atoms with Crippen molar-refractivity contribution in [2.75, 3.05) is 31.6 Å². The Bertz CT molecular complexity index is 925. The van der Waals surface area contributed by atoms with E-state index in [1.165, 1.54) is 0 Å². The molecule has 3 heterocycles. The monoisotopic (exact) mass is 405 g/mol. The van der Waals surface area contributed by atoms with Crippen LogP contribution in [0.5, 0.6) is 5.75 Å². The molecule has 4 rings (SSSR count). The summed E-state index contributed by atoms with van der Waals surface area (Å²) in [5, 5.41) is 12.3. The Morgan fingerprint density at radius 3 is 2.63 bits per heavy atom. The Hall–Kier alpha value is -3.11. The third kappa shape index (κ3) is 3.96. The zero-order chi connectivity index (χ0) is 21.1. The number of hydrogen-bond acceptors (Lipinski definition) is 6. The average molecular weight is 406 g/mol.